The Morgan fingerprint density at radius 1 is 1.00 bits per heavy atom. The Hall–Kier alpha value is -4.35. The molecule has 0 saturated carbocycles. The van der Waals surface area contributed by atoms with Crippen LogP contribution < -0.4 is 4.31 Å². The molecule has 0 bridgehead atoms. The smallest absolute Gasteiger partial charge is 0.286 e. The van der Waals surface area contributed by atoms with E-state index in [9.17, 15) is 28.1 Å². The molecule has 0 fully saturated rings. The van der Waals surface area contributed by atoms with Gasteiger partial charge < -0.3 is 0 Å². The molecule has 1 amide bonds. The molecule has 4 aromatic rings. The highest BCUT2D eigenvalue weighted by Gasteiger charge is 2.42. The number of alkyl halides is 3. The predicted octanol–water partition coefficient (Wildman–Crippen LogP) is 7.99. The van der Waals surface area contributed by atoms with E-state index < -0.39 is 28.0 Å². The van der Waals surface area contributed by atoms with Gasteiger partial charge in [-0.05, 0) is 60.5 Å². The first-order valence-electron chi connectivity index (χ1n) is 13.0. The number of hydrogen-bond acceptors (Lipinski definition) is 6. The Balaban J connectivity index is 1.50. The summed E-state index contributed by atoms with van der Waals surface area (Å²) in [6, 6.07) is 26.9. The lowest BCUT2D eigenvalue weighted by atomic mass is 9.76. The van der Waals surface area contributed by atoms with E-state index in [1.165, 1.54) is 30.3 Å². The molecule has 5 rings (SSSR count). The second-order valence-corrected chi connectivity index (χ2v) is 11.4. The molecule has 1 atom stereocenters. The Labute approximate surface area is 254 Å². The second-order valence-electron chi connectivity index (χ2n) is 10.0. The maximum atomic E-state index is 13.9. The van der Waals surface area contributed by atoms with E-state index in [1.807, 2.05) is 49.4 Å². The highest BCUT2D eigenvalue weighted by Crippen LogP contribution is 2.39. The first-order valence-corrected chi connectivity index (χ1v) is 14.2. The van der Waals surface area contributed by atoms with Crippen LogP contribution >= 0.6 is 23.5 Å². The minimum atomic E-state index is -4.57. The van der Waals surface area contributed by atoms with Gasteiger partial charge in [-0.15, -0.1) is 0 Å². The Kier molecular flexibility index (Phi) is 8.48. The van der Waals surface area contributed by atoms with E-state index >= 15 is 0 Å². The van der Waals surface area contributed by atoms with Crippen molar-refractivity contribution in [2.24, 2.45) is 5.10 Å². The number of anilines is 1. The highest BCUT2D eigenvalue weighted by atomic mass is 35.5. The molecule has 220 valence electrons. The number of benzene rings is 4. The van der Waals surface area contributed by atoms with Crippen molar-refractivity contribution in [3.63, 3.8) is 0 Å². The van der Waals surface area contributed by atoms with Gasteiger partial charge in [0.1, 0.15) is 11.4 Å². The summed E-state index contributed by atoms with van der Waals surface area (Å²) >= 11 is 6.89. The first kappa shape index (κ1) is 30.1. The van der Waals surface area contributed by atoms with E-state index in [4.69, 9.17) is 16.7 Å². The Morgan fingerprint density at radius 2 is 1.63 bits per heavy atom. The summed E-state index contributed by atoms with van der Waals surface area (Å²) in [5, 5.41) is 18.7. The van der Waals surface area contributed by atoms with E-state index in [0.29, 0.717) is 11.6 Å². The van der Waals surface area contributed by atoms with Crippen LogP contribution in [-0.4, -0.2) is 34.6 Å². The molecule has 0 spiro atoms. The van der Waals surface area contributed by atoms with Gasteiger partial charge in [0.2, 0.25) is 0 Å². The van der Waals surface area contributed by atoms with Gasteiger partial charge in [-0.2, -0.15) is 18.3 Å². The summed E-state index contributed by atoms with van der Waals surface area (Å²) in [7, 11) is 0. The van der Waals surface area contributed by atoms with Crippen molar-refractivity contribution in [1.82, 2.24) is 5.01 Å². The Morgan fingerprint density at radius 3 is 2.26 bits per heavy atom. The summed E-state index contributed by atoms with van der Waals surface area (Å²) in [6.07, 6.45) is -4.57. The van der Waals surface area contributed by atoms with Crippen LogP contribution in [-0.2, 0) is 16.4 Å². The van der Waals surface area contributed by atoms with E-state index in [0.717, 1.165) is 45.2 Å². The fraction of sp³-hybridized carbons (Fsp3) is 0.161. The number of para-hydroxylation sites is 1. The Bertz CT molecular complexity index is 1670. The summed E-state index contributed by atoms with van der Waals surface area (Å²) in [5.41, 5.74) is 0.920. The lowest BCUT2D eigenvalue weighted by molar-refractivity contribution is -0.387. The number of hydrazone groups is 1. The summed E-state index contributed by atoms with van der Waals surface area (Å²) in [4.78, 5) is 25.1. The van der Waals surface area contributed by atoms with Gasteiger partial charge in [-0.3, -0.25) is 19.9 Å². The van der Waals surface area contributed by atoms with Crippen LogP contribution in [0.5, 0.6) is 0 Å². The second kappa shape index (κ2) is 12.1. The third-order valence-electron chi connectivity index (χ3n) is 7.02. The normalized spacial score (nSPS) is 16.6. The summed E-state index contributed by atoms with van der Waals surface area (Å²) < 4.78 is 40.9. The van der Waals surface area contributed by atoms with E-state index in [2.05, 4.69) is 0 Å². The van der Waals surface area contributed by atoms with Gasteiger partial charge >= 0.3 is 6.18 Å². The van der Waals surface area contributed by atoms with Gasteiger partial charge in [-0.1, -0.05) is 66.2 Å². The van der Waals surface area contributed by atoms with Crippen molar-refractivity contribution in [3.05, 3.63) is 135 Å². The number of carbonyl (C=O) groups excluding carboxylic acids is 1. The number of rotatable bonds is 8. The molecule has 0 saturated heterocycles. The maximum Gasteiger partial charge on any atom is 0.416 e. The van der Waals surface area contributed by atoms with Gasteiger partial charge in [0.15, 0.2) is 0 Å². The summed E-state index contributed by atoms with van der Waals surface area (Å²) in [6.45, 7) is 2.11. The number of halogens is 4. The monoisotopic (exact) mass is 624 g/mol. The van der Waals surface area contributed by atoms with Gasteiger partial charge in [0.05, 0.1) is 33.8 Å². The number of nitro benzene ring substituents is 1. The zero-order valence-corrected chi connectivity index (χ0v) is 24.2. The van der Waals surface area contributed by atoms with Gasteiger partial charge in [0.25, 0.3) is 11.6 Å². The van der Waals surface area contributed by atoms with E-state index in [1.54, 1.807) is 23.2 Å². The molecule has 0 N–H and O–H groups in total. The average Bonchev–Trinajstić information content (AvgIpc) is 3.33. The zero-order chi connectivity index (χ0) is 30.8. The molecule has 43 heavy (non-hydrogen) atoms. The molecular formula is C31H24ClF3N4O3S. The van der Waals surface area contributed by atoms with Gasteiger partial charge in [0, 0.05) is 23.0 Å². The van der Waals surface area contributed by atoms with Crippen LogP contribution in [0, 0.1) is 10.1 Å². The number of hydrogen-bond donors (Lipinski definition) is 0. The molecule has 1 aliphatic heterocycles. The molecule has 7 nitrogen and oxygen atoms in total. The highest BCUT2D eigenvalue weighted by molar-refractivity contribution is 8.01. The molecule has 1 aliphatic rings. The molecule has 4 aromatic carbocycles. The number of nitro groups is 1. The van der Waals surface area contributed by atoms with Crippen molar-refractivity contribution in [2.75, 3.05) is 17.4 Å². The van der Waals surface area contributed by atoms with Crippen LogP contribution in [0.2, 0.25) is 5.02 Å². The summed E-state index contributed by atoms with van der Waals surface area (Å²) in [5.74, 6) is -0.528. The standard InChI is InChI=1S/C31H24ClF3N4O3S/c1-30(22-7-3-2-4-8-22)20-37(36-29(30)21-11-15-24(32)16-12-21)19-28(40)38(25-17-13-23(14-18-25)31(33,34)35)43-27-10-6-5-9-26(27)39(41)42/h2-18H,19-20H2,1H3. The predicted molar refractivity (Wildman–Crippen MR) is 161 cm³/mol. The van der Waals surface area contributed by atoms with E-state index in [-0.39, 0.29) is 22.8 Å². The number of amides is 1. The molecule has 1 heterocycles. The largest absolute Gasteiger partial charge is 0.416 e. The fourth-order valence-corrected chi connectivity index (χ4v) is 5.96. The quantitative estimate of drug-likeness (QED) is 0.113. The van der Waals surface area contributed by atoms with Crippen molar-refractivity contribution in [2.45, 2.75) is 23.4 Å². The first-order chi connectivity index (χ1) is 20.5. The third kappa shape index (κ3) is 6.52. The third-order valence-corrected chi connectivity index (χ3v) is 8.41. The lowest BCUT2D eigenvalue weighted by Crippen LogP contribution is -2.39. The molecule has 1 unspecified atom stereocenters. The molecule has 0 radical (unpaired) electrons. The van der Waals surface area contributed by atoms with Gasteiger partial charge in [-0.25, -0.2) is 4.31 Å². The SMILES string of the molecule is CC1(c2ccccc2)CN(CC(=O)N(Sc2ccccc2[N+](=O)[O-])c2ccc(C(F)(F)F)cc2)N=C1c1ccc(Cl)cc1. The van der Waals surface area contributed by atoms with Crippen molar-refractivity contribution in [3.8, 4) is 0 Å². The minimum Gasteiger partial charge on any atom is -0.286 e. The fourth-order valence-electron chi connectivity index (χ4n) is 4.87. The van der Waals surface area contributed by atoms with Crippen LogP contribution in [0.25, 0.3) is 0 Å². The van der Waals surface area contributed by atoms with Crippen LogP contribution in [0.1, 0.15) is 23.6 Å². The topological polar surface area (TPSA) is 79.0 Å². The lowest BCUT2D eigenvalue weighted by Gasteiger charge is -2.28. The molecule has 0 aliphatic carbocycles. The van der Waals surface area contributed by atoms with Crippen molar-refractivity contribution < 1.29 is 22.9 Å². The molecule has 0 aromatic heterocycles. The van der Waals surface area contributed by atoms with Crippen LogP contribution in [0.15, 0.2) is 113 Å². The molecule has 12 heteroatoms. The van der Waals surface area contributed by atoms with Crippen LogP contribution in [0.4, 0.5) is 24.5 Å². The number of carbonyl (C=O) groups is 1. The minimum absolute atomic E-state index is 0.132. The average molecular weight is 625 g/mol. The molecular weight excluding hydrogens is 601 g/mol. The maximum absolute atomic E-state index is 13.9. The zero-order valence-electron chi connectivity index (χ0n) is 22.7. The van der Waals surface area contributed by atoms with Crippen molar-refractivity contribution in [1.29, 1.82) is 0 Å². The van der Waals surface area contributed by atoms with Crippen molar-refractivity contribution >= 4 is 46.5 Å². The van der Waals surface area contributed by atoms with Crippen LogP contribution in [0.3, 0.4) is 0 Å². The number of nitrogens with zero attached hydrogens (tertiary/aromatic N) is 4.